The van der Waals surface area contributed by atoms with Gasteiger partial charge in [-0.25, -0.2) is 4.79 Å². The SMILES string of the molecule is Cl.O=C(O)CC(O)(CC(=O)O)C(=O)O.[Au]. The Morgan fingerprint density at radius 1 is 0.933 bits per heavy atom. The summed E-state index contributed by atoms with van der Waals surface area (Å²) in [6.07, 6.45) is -2.29. The average Bonchev–Trinajstić information content (AvgIpc) is 1.82. The summed E-state index contributed by atoms with van der Waals surface area (Å²) in [6, 6.07) is 0. The van der Waals surface area contributed by atoms with Crippen LogP contribution in [0.2, 0.25) is 0 Å². The normalized spacial score (nSPS) is 9.40. The number of hydrogen-bond donors (Lipinski definition) is 4. The Labute approximate surface area is 106 Å². The molecule has 0 heterocycles. The predicted octanol–water partition coefficient (Wildman–Crippen LogP) is -0.829. The molecule has 0 atom stereocenters. The largest absolute Gasteiger partial charge is 0.481 e. The minimum absolute atomic E-state index is 0. The summed E-state index contributed by atoms with van der Waals surface area (Å²) in [7, 11) is 0. The van der Waals surface area contributed by atoms with E-state index in [2.05, 4.69) is 0 Å². The van der Waals surface area contributed by atoms with Crippen molar-refractivity contribution < 1.29 is 57.2 Å². The van der Waals surface area contributed by atoms with Gasteiger partial charge in [-0.3, -0.25) is 9.59 Å². The molecule has 0 spiro atoms. The second kappa shape index (κ2) is 7.66. The maximum Gasteiger partial charge on any atom is 0.336 e. The Kier molecular flexibility index (Phi) is 10.2. The van der Waals surface area contributed by atoms with Gasteiger partial charge in [0.05, 0.1) is 12.8 Å². The van der Waals surface area contributed by atoms with Gasteiger partial charge in [-0.1, -0.05) is 0 Å². The minimum atomic E-state index is -2.74. The third-order valence-electron chi connectivity index (χ3n) is 1.29. The first-order valence-electron chi connectivity index (χ1n) is 3.17. The summed E-state index contributed by atoms with van der Waals surface area (Å²) in [6.45, 7) is 0. The number of aliphatic hydroxyl groups is 1. The Hall–Kier alpha value is -0.600. The molecular weight excluding hydrogens is 416 g/mol. The van der Waals surface area contributed by atoms with Gasteiger partial charge >= 0.3 is 17.9 Å². The minimum Gasteiger partial charge on any atom is -0.481 e. The van der Waals surface area contributed by atoms with Crippen LogP contribution in [0.1, 0.15) is 12.8 Å². The number of rotatable bonds is 5. The number of carboxylic acids is 3. The van der Waals surface area contributed by atoms with Crippen LogP contribution in [-0.4, -0.2) is 43.9 Å². The van der Waals surface area contributed by atoms with Crippen molar-refractivity contribution in [2.45, 2.75) is 18.4 Å². The number of aliphatic carboxylic acids is 3. The van der Waals surface area contributed by atoms with Crippen LogP contribution in [0.4, 0.5) is 0 Å². The van der Waals surface area contributed by atoms with Crippen LogP contribution < -0.4 is 0 Å². The molecule has 0 aromatic heterocycles. The monoisotopic (exact) mass is 425 g/mol. The van der Waals surface area contributed by atoms with E-state index in [0.717, 1.165) is 0 Å². The summed E-state index contributed by atoms with van der Waals surface area (Å²) < 4.78 is 0. The fourth-order valence-corrected chi connectivity index (χ4v) is 0.714. The smallest absolute Gasteiger partial charge is 0.336 e. The van der Waals surface area contributed by atoms with Crippen LogP contribution in [0.15, 0.2) is 0 Å². The zero-order chi connectivity index (χ0) is 10.6. The number of carbonyl (C=O) groups is 3. The van der Waals surface area contributed by atoms with Crippen LogP contribution in [0.25, 0.3) is 0 Å². The molecule has 0 aliphatic heterocycles. The molecule has 0 bridgehead atoms. The molecule has 0 aliphatic carbocycles. The second-order valence-corrected chi connectivity index (χ2v) is 2.48. The molecule has 7 nitrogen and oxygen atoms in total. The first-order chi connectivity index (χ1) is 5.78. The zero-order valence-electron chi connectivity index (χ0n) is 7.14. The fraction of sp³-hybridized carbons (Fsp3) is 0.500. The van der Waals surface area contributed by atoms with Crippen LogP contribution in [0.3, 0.4) is 0 Å². The molecule has 0 saturated carbocycles. The molecule has 0 aromatic rings. The van der Waals surface area contributed by atoms with Gasteiger partial charge in [0.1, 0.15) is 0 Å². The van der Waals surface area contributed by atoms with E-state index in [9.17, 15) is 14.4 Å². The average molecular weight is 426 g/mol. The van der Waals surface area contributed by atoms with E-state index >= 15 is 0 Å². The van der Waals surface area contributed by atoms with Crippen molar-refractivity contribution >= 4 is 30.3 Å². The van der Waals surface area contributed by atoms with Gasteiger partial charge in [0.2, 0.25) is 0 Å². The van der Waals surface area contributed by atoms with Gasteiger partial charge in [-0.2, -0.15) is 0 Å². The standard InChI is InChI=1S/C6H8O7.Au.ClH/c7-3(8)1-6(13,5(11)12)2-4(9)10;;/h13H,1-2H2,(H,7,8)(H,9,10)(H,11,12);;1H. The van der Waals surface area contributed by atoms with Crippen molar-refractivity contribution in [3.05, 3.63) is 0 Å². The molecule has 0 saturated heterocycles. The summed E-state index contributed by atoms with van der Waals surface area (Å²) in [5, 5.41) is 33.8. The van der Waals surface area contributed by atoms with Crippen molar-refractivity contribution in [1.82, 2.24) is 0 Å². The van der Waals surface area contributed by atoms with Crippen LogP contribution >= 0.6 is 12.4 Å². The Morgan fingerprint density at radius 3 is 1.33 bits per heavy atom. The van der Waals surface area contributed by atoms with E-state index in [1.807, 2.05) is 0 Å². The van der Waals surface area contributed by atoms with E-state index in [-0.39, 0.29) is 34.8 Å². The van der Waals surface area contributed by atoms with Gasteiger partial charge in [-0.05, 0) is 0 Å². The van der Waals surface area contributed by atoms with Gasteiger partial charge in [0, 0.05) is 22.4 Å². The topological polar surface area (TPSA) is 132 Å². The first kappa shape index (κ1) is 19.9. The Morgan fingerprint density at radius 2 is 1.20 bits per heavy atom. The maximum absolute atomic E-state index is 10.3. The molecule has 4 N–H and O–H groups in total. The van der Waals surface area contributed by atoms with Gasteiger partial charge in [0.15, 0.2) is 5.60 Å². The van der Waals surface area contributed by atoms with Gasteiger partial charge in [0.25, 0.3) is 0 Å². The second-order valence-electron chi connectivity index (χ2n) is 2.48. The van der Waals surface area contributed by atoms with E-state index in [4.69, 9.17) is 20.4 Å². The predicted molar refractivity (Wildman–Crippen MR) is 44.3 cm³/mol. The summed E-state index contributed by atoms with van der Waals surface area (Å²) in [4.78, 5) is 30.5. The molecule has 9 heteroatoms. The molecule has 15 heavy (non-hydrogen) atoms. The molecule has 93 valence electrons. The van der Waals surface area contributed by atoms with E-state index < -0.39 is 36.4 Å². The Balaban J connectivity index is -0.000000720. The number of carboxylic acid groups (broad SMARTS) is 3. The molecule has 0 fully saturated rings. The number of halogens is 1. The van der Waals surface area contributed by atoms with Crippen LogP contribution in [0, 0.1) is 0 Å². The third-order valence-corrected chi connectivity index (χ3v) is 1.29. The third kappa shape index (κ3) is 7.34. The van der Waals surface area contributed by atoms with Gasteiger partial charge in [-0.15, -0.1) is 12.4 Å². The fourth-order valence-electron chi connectivity index (χ4n) is 0.714. The molecule has 0 amide bonds. The van der Waals surface area contributed by atoms with Crippen molar-refractivity contribution in [1.29, 1.82) is 0 Å². The molecule has 0 rings (SSSR count). The summed E-state index contributed by atoms with van der Waals surface area (Å²) >= 11 is 0. The molecule has 0 aromatic carbocycles. The van der Waals surface area contributed by atoms with E-state index in [0.29, 0.717) is 0 Å². The van der Waals surface area contributed by atoms with Crippen molar-refractivity contribution in [2.75, 3.05) is 0 Å². The molecule has 0 aliphatic rings. The molecule has 1 radical (unpaired) electrons. The summed E-state index contributed by atoms with van der Waals surface area (Å²) in [5.41, 5.74) is -2.74. The quantitative estimate of drug-likeness (QED) is 0.423. The van der Waals surface area contributed by atoms with Crippen molar-refractivity contribution in [3.63, 3.8) is 0 Å². The number of hydrogen-bond acceptors (Lipinski definition) is 4. The molecule has 0 unspecified atom stereocenters. The Bertz CT molecular complexity index is 238. The first-order valence-corrected chi connectivity index (χ1v) is 3.17. The molecular formula is C6H9AuClO7. The van der Waals surface area contributed by atoms with E-state index in [1.54, 1.807) is 0 Å². The van der Waals surface area contributed by atoms with Crippen LogP contribution in [0.5, 0.6) is 0 Å². The summed E-state index contributed by atoms with van der Waals surface area (Å²) in [5.74, 6) is -5.02. The van der Waals surface area contributed by atoms with Crippen LogP contribution in [-0.2, 0) is 36.8 Å². The van der Waals surface area contributed by atoms with Crippen molar-refractivity contribution in [3.8, 4) is 0 Å². The van der Waals surface area contributed by atoms with E-state index in [1.165, 1.54) is 0 Å². The zero-order valence-corrected chi connectivity index (χ0v) is 10.1. The maximum atomic E-state index is 10.3. The van der Waals surface area contributed by atoms with Gasteiger partial charge < -0.3 is 20.4 Å². The van der Waals surface area contributed by atoms with Crippen molar-refractivity contribution in [2.24, 2.45) is 0 Å².